The minimum atomic E-state index is -0.183. The number of rotatable bonds is 8. The highest BCUT2D eigenvalue weighted by molar-refractivity contribution is 7.99. The molecule has 3 aromatic rings. The molecule has 0 atom stereocenters. The van der Waals surface area contributed by atoms with Crippen LogP contribution in [-0.4, -0.2) is 26.4 Å². The van der Waals surface area contributed by atoms with Gasteiger partial charge in [-0.25, -0.2) is 0 Å². The smallest absolute Gasteiger partial charge is 0.234 e. The van der Waals surface area contributed by atoms with Crippen molar-refractivity contribution in [2.24, 2.45) is 7.05 Å². The summed E-state index contributed by atoms with van der Waals surface area (Å²) in [6.07, 6.45) is 0. The number of aromatic nitrogens is 3. The van der Waals surface area contributed by atoms with E-state index < -0.39 is 0 Å². The van der Waals surface area contributed by atoms with E-state index in [0.717, 1.165) is 17.3 Å². The molecule has 0 aliphatic heterocycles. The summed E-state index contributed by atoms with van der Waals surface area (Å²) in [6, 6.07) is 13.5. The number of thioether (sulfide) groups is 2. The number of nitrogens with zero attached hydrogens (tertiary/aromatic N) is 3. The second kappa shape index (κ2) is 10.4. The Morgan fingerprint density at radius 3 is 2.62 bits per heavy atom. The minimum absolute atomic E-state index is 0.183. The molecule has 1 heterocycles. The van der Waals surface area contributed by atoms with Crippen molar-refractivity contribution in [1.29, 1.82) is 0 Å². The summed E-state index contributed by atoms with van der Waals surface area (Å²) >= 11 is 15.1. The summed E-state index contributed by atoms with van der Waals surface area (Å²) < 4.78 is 1.92. The molecule has 29 heavy (non-hydrogen) atoms. The number of anilines is 1. The third kappa shape index (κ3) is 6.40. The number of aryl methyl sites for hydroxylation is 1. The monoisotopic (exact) mass is 466 g/mol. The predicted molar refractivity (Wildman–Crippen MR) is 123 cm³/mol. The van der Waals surface area contributed by atoms with Gasteiger partial charge in [0.2, 0.25) is 5.91 Å². The van der Waals surface area contributed by atoms with Crippen LogP contribution in [0.3, 0.4) is 0 Å². The molecule has 0 unspecified atom stereocenters. The van der Waals surface area contributed by atoms with Crippen molar-refractivity contribution in [1.82, 2.24) is 14.8 Å². The van der Waals surface area contributed by atoms with E-state index in [0.29, 0.717) is 20.9 Å². The van der Waals surface area contributed by atoms with Crippen LogP contribution in [0.15, 0.2) is 47.6 Å². The van der Waals surface area contributed by atoms with Crippen LogP contribution in [0.4, 0.5) is 5.69 Å². The van der Waals surface area contributed by atoms with Crippen molar-refractivity contribution in [2.75, 3.05) is 11.1 Å². The fourth-order valence-corrected chi connectivity index (χ4v) is 4.48. The molecule has 9 heteroatoms. The predicted octanol–water partition coefficient (Wildman–Crippen LogP) is 5.59. The van der Waals surface area contributed by atoms with E-state index in [1.807, 2.05) is 11.6 Å². The third-order valence-corrected chi connectivity index (χ3v) is 6.67. The lowest BCUT2D eigenvalue weighted by atomic mass is 10.2. The number of halogens is 2. The van der Waals surface area contributed by atoms with Crippen molar-refractivity contribution in [3.05, 3.63) is 69.5 Å². The normalized spacial score (nSPS) is 10.9. The second-order valence-corrected chi connectivity index (χ2v) is 9.17. The van der Waals surface area contributed by atoms with Gasteiger partial charge in [-0.05, 0) is 30.7 Å². The molecule has 2 aromatic carbocycles. The number of hydrogen-bond acceptors (Lipinski definition) is 5. The van der Waals surface area contributed by atoms with Crippen LogP contribution in [0.25, 0.3) is 0 Å². The largest absolute Gasteiger partial charge is 0.324 e. The molecule has 0 saturated carbocycles. The summed E-state index contributed by atoms with van der Waals surface area (Å²) in [5.74, 6) is 2.56. The first-order chi connectivity index (χ1) is 13.9. The van der Waals surface area contributed by atoms with E-state index >= 15 is 0 Å². The van der Waals surface area contributed by atoms with Crippen molar-refractivity contribution in [3.63, 3.8) is 0 Å². The number of nitrogens with one attached hydrogen (secondary N) is 1. The molecular weight excluding hydrogens is 447 g/mol. The molecule has 0 aliphatic rings. The summed E-state index contributed by atoms with van der Waals surface area (Å²) in [4.78, 5) is 12.2. The van der Waals surface area contributed by atoms with E-state index in [1.54, 1.807) is 30.0 Å². The van der Waals surface area contributed by atoms with E-state index in [9.17, 15) is 4.79 Å². The van der Waals surface area contributed by atoms with Crippen LogP contribution < -0.4 is 5.32 Å². The van der Waals surface area contributed by atoms with Crippen LogP contribution in [0.5, 0.6) is 0 Å². The minimum Gasteiger partial charge on any atom is -0.324 e. The van der Waals surface area contributed by atoms with Crippen LogP contribution in [0.1, 0.15) is 17.0 Å². The summed E-state index contributed by atoms with van der Waals surface area (Å²) in [7, 11) is 1.91. The van der Waals surface area contributed by atoms with E-state index in [1.165, 1.54) is 22.9 Å². The van der Waals surface area contributed by atoms with E-state index in [4.69, 9.17) is 23.2 Å². The van der Waals surface area contributed by atoms with Gasteiger partial charge < -0.3 is 9.88 Å². The maximum Gasteiger partial charge on any atom is 0.234 e. The summed E-state index contributed by atoms with van der Waals surface area (Å²) in [5.41, 5.74) is 3.04. The van der Waals surface area contributed by atoms with Gasteiger partial charge in [0.1, 0.15) is 5.82 Å². The van der Waals surface area contributed by atoms with Gasteiger partial charge in [-0.15, -0.1) is 22.0 Å². The SMILES string of the molecule is Cc1ccc(CSCc2nnc(SCC(=O)Nc3cc(Cl)ccc3Cl)n2C)cc1. The zero-order valence-electron chi connectivity index (χ0n) is 16.0. The quantitative estimate of drug-likeness (QED) is 0.438. The van der Waals surface area contributed by atoms with Crippen LogP contribution >= 0.6 is 46.7 Å². The molecule has 0 bridgehead atoms. The van der Waals surface area contributed by atoms with Gasteiger partial charge in [0.15, 0.2) is 5.16 Å². The zero-order valence-corrected chi connectivity index (χ0v) is 19.1. The van der Waals surface area contributed by atoms with E-state index in [-0.39, 0.29) is 11.7 Å². The molecule has 0 fully saturated rings. The molecule has 0 radical (unpaired) electrons. The first-order valence-electron chi connectivity index (χ1n) is 8.81. The molecule has 1 amide bonds. The molecule has 5 nitrogen and oxygen atoms in total. The van der Waals surface area contributed by atoms with Gasteiger partial charge in [-0.1, -0.05) is 64.8 Å². The van der Waals surface area contributed by atoms with Crippen molar-refractivity contribution in [2.45, 2.75) is 23.6 Å². The highest BCUT2D eigenvalue weighted by Crippen LogP contribution is 2.26. The van der Waals surface area contributed by atoms with Crippen LogP contribution in [0, 0.1) is 6.92 Å². The molecule has 3 rings (SSSR count). The highest BCUT2D eigenvalue weighted by Gasteiger charge is 2.13. The van der Waals surface area contributed by atoms with Crippen molar-refractivity contribution >= 4 is 58.3 Å². The Morgan fingerprint density at radius 2 is 1.86 bits per heavy atom. The molecule has 1 N–H and O–H groups in total. The number of carbonyl (C=O) groups excluding carboxylic acids is 1. The molecule has 0 spiro atoms. The molecule has 152 valence electrons. The summed E-state index contributed by atoms with van der Waals surface area (Å²) in [6.45, 7) is 2.08. The lowest BCUT2D eigenvalue weighted by Crippen LogP contribution is -2.14. The number of carbonyl (C=O) groups is 1. The fraction of sp³-hybridized carbons (Fsp3) is 0.250. The van der Waals surface area contributed by atoms with Gasteiger partial charge in [0.05, 0.1) is 22.2 Å². The van der Waals surface area contributed by atoms with Gasteiger partial charge >= 0.3 is 0 Å². The average molecular weight is 467 g/mol. The molecule has 0 saturated heterocycles. The lowest BCUT2D eigenvalue weighted by molar-refractivity contribution is -0.113. The van der Waals surface area contributed by atoms with Crippen molar-refractivity contribution < 1.29 is 4.79 Å². The van der Waals surface area contributed by atoms with Gasteiger partial charge in [0, 0.05) is 17.8 Å². The Balaban J connectivity index is 1.49. The topological polar surface area (TPSA) is 59.8 Å². The maximum absolute atomic E-state index is 12.2. The van der Waals surface area contributed by atoms with Crippen LogP contribution in [0.2, 0.25) is 10.0 Å². The Morgan fingerprint density at radius 1 is 1.10 bits per heavy atom. The Labute approximate surface area is 188 Å². The van der Waals surface area contributed by atoms with Crippen LogP contribution in [-0.2, 0) is 23.3 Å². The Kier molecular flexibility index (Phi) is 7.89. The Hall–Kier alpha value is -1.67. The number of amides is 1. The Bertz CT molecular complexity index is 993. The molecular formula is C20H20Cl2N4OS2. The first-order valence-corrected chi connectivity index (χ1v) is 11.7. The van der Waals surface area contributed by atoms with Gasteiger partial charge in [-0.2, -0.15) is 0 Å². The standard InChI is InChI=1S/C20H20Cl2N4OS2/c1-13-3-5-14(6-4-13)10-28-11-18-24-25-20(26(18)2)29-12-19(27)23-17-9-15(21)7-8-16(17)22/h3-9H,10-12H2,1-2H3,(H,23,27). The molecule has 1 aromatic heterocycles. The highest BCUT2D eigenvalue weighted by atomic mass is 35.5. The van der Waals surface area contributed by atoms with Gasteiger partial charge in [0.25, 0.3) is 0 Å². The lowest BCUT2D eigenvalue weighted by Gasteiger charge is -2.07. The number of benzene rings is 2. The maximum atomic E-state index is 12.2. The molecule has 0 aliphatic carbocycles. The van der Waals surface area contributed by atoms with E-state index in [2.05, 4.69) is 46.7 Å². The second-order valence-electron chi connectivity index (χ2n) is 6.40. The third-order valence-electron chi connectivity index (χ3n) is 4.08. The zero-order chi connectivity index (χ0) is 20.8. The van der Waals surface area contributed by atoms with Gasteiger partial charge in [-0.3, -0.25) is 4.79 Å². The fourth-order valence-electron chi connectivity index (χ4n) is 2.45. The number of hydrogen-bond donors (Lipinski definition) is 1. The summed E-state index contributed by atoms with van der Waals surface area (Å²) in [5, 5.41) is 12.9. The average Bonchev–Trinajstić information content (AvgIpc) is 3.04. The first kappa shape index (κ1) is 22.0. The van der Waals surface area contributed by atoms with Crippen molar-refractivity contribution in [3.8, 4) is 0 Å².